The Kier molecular flexibility index (Phi) is 34.1. The third-order valence-corrected chi connectivity index (χ3v) is 15.9. The molecule has 8 N–H and O–H groups in total. The van der Waals surface area contributed by atoms with E-state index in [0.717, 1.165) is 22.3 Å². The molecule has 406 valence electrons. The van der Waals surface area contributed by atoms with Gasteiger partial charge in [-0.2, -0.15) is 0 Å². The van der Waals surface area contributed by atoms with Crippen molar-refractivity contribution in [1.82, 2.24) is 0 Å². The molecular formula is C46H24Cl4F12I6N4S4. The zero-order chi connectivity index (χ0) is 58.6. The molecule has 0 radical (unpaired) electrons. The van der Waals surface area contributed by atoms with Gasteiger partial charge >= 0.3 is 0 Å². The van der Waals surface area contributed by atoms with E-state index in [0.29, 0.717) is 40.0 Å². The first-order valence-electron chi connectivity index (χ1n) is 18.9. The van der Waals surface area contributed by atoms with Crippen LogP contribution in [0.1, 0.15) is 22.3 Å². The van der Waals surface area contributed by atoms with Gasteiger partial charge in [0.1, 0.15) is 20.0 Å². The smallest absolute Gasteiger partial charge is 0.176 e. The van der Waals surface area contributed by atoms with Crippen LogP contribution in [0.15, 0.2) is 97.1 Å². The molecule has 0 bridgehead atoms. The summed E-state index contributed by atoms with van der Waals surface area (Å²) >= 11 is 49.2. The second kappa shape index (κ2) is 35.6. The molecule has 0 spiro atoms. The molecule has 0 amide bonds. The summed E-state index contributed by atoms with van der Waals surface area (Å²) in [5.74, 6) is -16.2. The van der Waals surface area contributed by atoms with Crippen LogP contribution in [0.3, 0.4) is 0 Å². The lowest BCUT2D eigenvalue weighted by Gasteiger charge is -2.02. The van der Waals surface area contributed by atoms with E-state index in [-0.39, 0.29) is 0 Å². The SMILES string of the molecule is Fc1c(F)c(I)c(F)c(F)c1I.Fc1c(F)c(I)c(F)c(F)c1I.Fc1c(F)c(I)c(F)c(F)c1I.NC(=S)c1ccccc1Cl.NC(=S)c1ccccc1Cl.NC(=S)c1ccccc1Cl.NC(=S)c1ccccc1Cl. The summed E-state index contributed by atoms with van der Waals surface area (Å²) in [5, 5.41) is 2.43. The van der Waals surface area contributed by atoms with Crippen molar-refractivity contribution < 1.29 is 52.7 Å². The summed E-state index contributed by atoms with van der Waals surface area (Å²) in [7, 11) is 0. The zero-order valence-electron chi connectivity index (χ0n) is 36.5. The van der Waals surface area contributed by atoms with Crippen molar-refractivity contribution in [3.8, 4) is 0 Å². The Morgan fingerprint density at radius 3 is 0.447 bits per heavy atom. The van der Waals surface area contributed by atoms with Crippen LogP contribution in [0.5, 0.6) is 0 Å². The second-order valence-corrected chi connectivity index (χ2v) is 22.9. The van der Waals surface area contributed by atoms with Crippen molar-refractivity contribution in [3.05, 3.63) is 231 Å². The van der Waals surface area contributed by atoms with Crippen LogP contribution in [0.2, 0.25) is 20.1 Å². The highest BCUT2D eigenvalue weighted by molar-refractivity contribution is 14.1. The van der Waals surface area contributed by atoms with Crippen LogP contribution < -0.4 is 22.9 Å². The molecule has 0 saturated heterocycles. The van der Waals surface area contributed by atoms with Gasteiger partial charge in [-0.15, -0.1) is 0 Å². The van der Waals surface area contributed by atoms with E-state index in [1.165, 1.54) is 136 Å². The van der Waals surface area contributed by atoms with Crippen molar-refractivity contribution in [1.29, 1.82) is 0 Å². The van der Waals surface area contributed by atoms with Crippen LogP contribution in [0.4, 0.5) is 52.7 Å². The standard InChI is InChI=1S/4C7H6ClNS.3C6F4I2/c4*8-6-4-2-1-3-5(6)7(9)10;3*7-1-2(8)6(12)4(10)3(9)5(1)11/h4*1-4H,(H2,9,10);;;. The minimum absolute atomic E-state index is 0.339. The molecule has 0 unspecified atom stereocenters. The Labute approximate surface area is 549 Å². The summed E-state index contributed by atoms with van der Waals surface area (Å²) in [6.07, 6.45) is 0. The van der Waals surface area contributed by atoms with Crippen LogP contribution >= 0.6 is 231 Å². The second-order valence-electron chi connectivity index (χ2n) is 13.0. The molecule has 0 aliphatic heterocycles. The van der Waals surface area contributed by atoms with Gasteiger partial charge in [-0.05, 0) is 160 Å². The minimum Gasteiger partial charge on any atom is -0.389 e. The molecule has 0 aliphatic rings. The minimum atomic E-state index is -1.35. The Balaban J connectivity index is 0.000000444. The monoisotopic (exact) mass is 1890 g/mol. The van der Waals surface area contributed by atoms with Gasteiger partial charge in [0.2, 0.25) is 0 Å². The molecule has 30 heteroatoms. The van der Waals surface area contributed by atoms with Gasteiger partial charge in [-0.3, -0.25) is 0 Å². The number of benzene rings is 7. The molecule has 0 heterocycles. The highest BCUT2D eigenvalue weighted by atomic mass is 127. The van der Waals surface area contributed by atoms with Crippen LogP contribution in [-0.2, 0) is 0 Å². The summed E-state index contributed by atoms with van der Waals surface area (Å²) in [6.45, 7) is 0. The Morgan fingerprint density at radius 2 is 0.368 bits per heavy atom. The maximum atomic E-state index is 12.6. The molecule has 0 aromatic heterocycles. The topological polar surface area (TPSA) is 104 Å². The first-order chi connectivity index (χ1) is 35.3. The van der Waals surface area contributed by atoms with Crippen LogP contribution in [-0.4, -0.2) is 20.0 Å². The van der Waals surface area contributed by atoms with Gasteiger partial charge in [-0.25, -0.2) is 52.7 Å². The molecule has 7 rings (SSSR count). The van der Waals surface area contributed by atoms with Crippen molar-refractivity contribution >= 4 is 251 Å². The molecule has 0 aliphatic carbocycles. The normalized spacial score (nSPS) is 9.87. The Bertz CT molecular complexity index is 2570. The quantitative estimate of drug-likeness (QED) is 0.0454. The van der Waals surface area contributed by atoms with Crippen molar-refractivity contribution in [2.24, 2.45) is 22.9 Å². The van der Waals surface area contributed by atoms with Crippen molar-refractivity contribution in [3.63, 3.8) is 0 Å². The molecule has 76 heavy (non-hydrogen) atoms. The van der Waals surface area contributed by atoms with Gasteiger partial charge in [0, 0.05) is 22.3 Å². The third kappa shape index (κ3) is 21.9. The summed E-state index contributed by atoms with van der Waals surface area (Å²) in [6, 6.07) is 29.0. The molecular weight excluding hydrogens is 1870 g/mol. The van der Waals surface area contributed by atoms with Gasteiger partial charge in [-0.1, -0.05) is 168 Å². The van der Waals surface area contributed by atoms with E-state index >= 15 is 0 Å². The lowest BCUT2D eigenvalue weighted by molar-refractivity contribution is 0.437. The van der Waals surface area contributed by atoms with Crippen LogP contribution in [0, 0.1) is 91.2 Å². The average Bonchev–Trinajstić information content (AvgIpc) is 3.39. The maximum Gasteiger partial charge on any atom is 0.176 e. The fraction of sp³-hybridized carbons (Fsp3) is 0. The van der Waals surface area contributed by atoms with E-state index in [1.54, 1.807) is 48.5 Å². The molecule has 7 aromatic carbocycles. The Morgan fingerprint density at radius 1 is 0.263 bits per heavy atom. The number of thiocarbonyl (C=S) groups is 4. The van der Waals surface area contributed by atoms with Crippen molar-refractivity contribution in [2.45, 2.75) is 0 Å². The highest BCUT2D eigenvalue weighted by Crippen LogP contribution is 2.29. The predicted octanol–water partition coefficient (Wildman–Crippen LogP) is 18.3. The van der Waals surface area contributed by atoms with Crippen molar-refractivity contribution in [2.75, 3.05) is 0 Å². The predicted molar refractivity (Wildman–Crippen MR) is 344 cm³/mol. The van der Waals surface area contributed by atoms with E-state index in [4.69, 9.17) is 118 Å². The molecule has 0 saturated carbocycles. The third-order valence-electron chi connectivity index (χ3n) is 8.03. The number of nitrogens with two attached hydrogens (primary N) is 4. The fourth-order valence-corrected chi connectivity index (χ4v) is 9.11. The first kappa shape index (κ1) is 72.8. The summed E-state index contributed by atoms with van der Waals surface area (Å²) in [4.78, 5) is 1.35. The lowest BCUT2D eigenvalue weighted by atomic mass is 10.2. The van der Waals surface area contributed by atoms with E-state index in [1.807, 2.05) is 48.5 Å². The molecule has 0 atom stereocenters. The van der Waals surface area contributed by atoms with Gasteiger partial charge in [0.15, 0.2) is 69.8 Å². The van der Waals surface area contributed by atoms with Gasteiger partial charge in [0.25, 0.3) is 0 Å². The molecule has 7 aromatic rings. The van der Waals surface area contributed by atoms with Gasteiger partial charge in [0.05, 0.1) is 41.5 Å². The number of hydrogen-bond donors (Lipinski definition) is 4. The highest BCUT2D eigenvalue weighted by Gasteiger charge is 2.24. The zero-order valence-corrected chi connectivity index (χ0v) is 55.7. The number of halogens is 22. The number of hydrogen-bond acceptors (Lipinski definition) is 4. The van der Waals surface area contributed by atoms with E-state index in [9.17, 15) is 52.7 Å². The van der Waals surface area contributed by atoms with E-state index < -0.39 is 91.2 Å². The Hall–Kier alpha value is -1.20. The lowest BCUT2D eigenvalue weighted by Crippen LogP contribution is -2.09. The summed E-state index contributed by atoms with van der Waals surface area (Å²) in [5.41, 5.74) is 24.4. The average molecular weight is 1890 g/mol. The number of rotatable bonds is 4. The molecule has 0 fully saturated rings. The first-order valence-corrected chi connectivity index (χ1v) is 28.6. The summed E-state index contributed by atoms with van der Waals surface area (Å²) < 4.78 is 148. The van der Waals surface area contributed by atoms with Gasteiger partial charge < -0.3 is 22.9 Å². The maximum absolute atomic E-state index is 12.6. The van der Waals surface area contributed by atoms with E-state index in [2.05, 4.69) is 0 Å². The largest absolute Gasteiger partial charge is 0.389 e. The molecule has 4 nitrogen and oxygen atoms in total. The fourth-order valence-electron chi connectivity index (χ4n) is 4.38. The van der Waals surface area contributed by atoms with Crippen LogP contribution in [0.25, 0.3) is 0 Å².